The summed E-state index contributed by atoms with van der Waals surface area (Å²) in [5, 5.41) is 2.68. The second kappa shape index (κ2) is 7.24. The summed E-state index contributed by atoms with van der Waals surface area (Å²) in [4.78, 5) is 12.4. The van der Waals surface area contributed by atoms with E-state index in [0.29, 0.717) is 0 Å². The minimum atomic E-state index is -0.591. The number of halogens is 1. The van der Waals surface area contributed by atoms with E-state index in [1.807, 2.05) is 13.8 Å². The van der Waals surface area contributed by atoms with Crippen LogP contribution >= 0.6 is 0 Å². The highest BCUT2D eigenvalue weighted by Crippen LogP contribution is 2.30. The Bertz CT molecular complexity index is 414. The fraction of sp³-hybridized carbons (Fsp3) is 0.533. The number of carbonyl (C=O) groups is 1. The van der Waals surface area contributed by atoms with Gasteiger partial charge in [-0.1, -0.05) is 38.8 Å². The molecule has 0 unspecified atom stereocenters. The van der Waals surface area contributed by atoms with E-state index in [2.05, 4.69) is 5.32 Å². The van der Waals surface area contributed by atoms with Crippen molar-refractivity contribution in [3.8, 4) is 0 Å². The Balaban J connectivity index is 2.91. The molecule has 0 aliphatic rings. The number of nitrogens with two attached hydrogens (primary N) is 1. The van der Waals surface area contributed by atoms with E-state index in [1.54, 1.807) is 18.2 Å². The van der Waals surface area contributed by atoms with E-state index in [0.717, 1.165) is 25.7 Å². The standard InChI is InChI=1S/C15H23FN2O/c1-3-9-15(11-17,10-4-2)14(19)18-13-8-6-5-7-12(13)16/h5-8H,3-4,9-11,17H2,1-2H3,(H,18,19). The van der Waals surface area contributed by atoms with Gasteiger partial charge in [-0.05, 0) is 25.0 Å². The third-order valence-electron chi connectivity index (χ3n) is 3.45. The summed E-state index contributed by atoms with van der Waals surface area (Å²) in [5.74, 6) is -0.599. The highest BCUT2D eigenvalue weighted by molar-refractivity contribution is 5.95. The molecule has 3 N–H and O–H groups in total. The summed E-state index contributed by atoms with van der Waals surface area (Å²) < 4.78 is 13.6. The number of para-hydroxylation sites is 1. The van der Waals surface area contributed by atoms with Crippen LogP contribution in [0.2, 0.25) is 0 Å². The lowest BCUT2D eigenvalue weighted by atomic mass is 9.78. The number of amides is 1. The normalized spacial score (nSPS) is 11.4. The maximum Gasteiger partial charge on any atom is 0.231 e. The van der Waals surface area contributed by atoms with E-state index in [1.165, 1.54) is 6.07 Å². The first-order valence-corrected chi connectivity index (χ1v) is 6.85. The number of benzene rings is 1. The highest BCUT2D eigenvalue weighted by atomic mass is 19.1. The van der Waals surface area contributed by atoms with E-state index in [9.17, 15) is 9.18 Å². The molecule has 1 aromatic carbocycles. The van der Waals surface area contributed by atoms with Crippen LogP contribution in [0.15, 0.2) is 24.3 Å². The average Bonchev–Trinajstić information content (AvgIpc) is 2.41. The van der Waals surface area contributed by atoms with Crippen molar-refractivity contribution in [2.45, 2.75) is 39.5 Å². The zero-order valence-corrected chi connectivity index (χ0v) is 11.7. The molecule has 3 nitrogen and oxygen atoms in total. The maximum absolute atomic E-state index is 13.6. The van der Waals surface area contributed by atoms with Gasteiger partial charge < -0.3 is 11.1 Å². The molecule has 0 atom stereocenters. The van der Waals surface area contributed by atoms with Gasteiger partial charge in [-0.15, -0.1) is 0 Å². The Morgan fingerprint density at radius 3 is 2.32 bits per heavy atom. The number of carbonyl (C=O) groups excluding carboxylic acids is 1. The Morgan fingerprint density at radius 2 is 1.84 bits per heavy atom. The van der Waals surface area contributed by atoms with Crippen LogP contribution in [-0.2, 0) is 4.79 Å². The molecule has 1 aromatic rings. The van der Waals surface area contributed by atoms with Crippen LogP contribution < -0.4 is 11.1 Å². The van der Waals surface area contributed by atoms with E-state index < -0.39 is 11.2 Å². The predicted octanol–water partition coefficient (Wildman–Crippen LogP) is 3.31. The average molecular weight is 266 g/mol. The molecule has 0 aliphatic heterocycles. The van der Waals surface area contributed by atoms with Gasteiger partial charge in [0.25, 0.3) is 0 Å². The second-order valence-electron chi connectivity index (χ2n) is 4.92. The minimum absolute atomic E-state index is 0.177. The molecular formula is C15H23FN2O. The fourth-order valence-electron chi connectivity index (χ4n) is 2.42. The second-order valence-corrected chi connectivity index (χ2v) is 4.92. The van der Waals surface area contributed by atoms with Crippen molar-refractivity contribution in [1.82, 2.24) is 0 Å². The van der Waals surface area contributed by atoms with Crippen LogP contribution in [0.5, 0.6) is 0 Å². The van der Waals surface area contributed by atoms with Crippen molar-refractivity contribution in [1.29, 1.82) is 0 Å². The topological polar surface area (TPSA) is 55.1 Å². The van der Waals surface area contributed by atoms with Gasteiger partial charge >= 0.3 is 0 Å². The Morgan fingerprint density at radius 1 is 1.26 bits per heavy atom. The van der Waals surface area contributed by atoms with Crippen LogP contribution in [-0.4, -0.2) is 12.5 Å². The first-order chi connectivity index (χ1) is 9.09. The number of rotatable bonds is 7. The molecule has 106 valence electrons. The third kappa shape index (κ3) is 3.77. The number of hydrogen-bond donors (Lipinski definition) is 2. The van der Waals surface area contributed by atoms with Crippen molar-refractivity contribution in [2.75, 3.05) is 11.9 Å². The largest absolute Gasteiger partial charge is 0.329 e. The summed E-state index contributed by atoms with van der Waals surface area (Å²) in [6.07, 6.45) is 3.19. The van der Waals surface area contributed by atoms with Crippen LogP contribution in [0, 0.1) is 11.2 Å². The van der Waals surface area contributed by atoms with Gasteiger partial charge in [0.05, 0.1) is 11.1 Å². The molecule has 0 aliphatic carbocycles. The van der Waals surface area contributed by atoms with Crippen LogP contribution in [0.1, 0.15) is 39.5 Å². The number of nitrogens with one attached hydrogen (secondary N) is 1. The monoisotopic (exact) mass is 266 g/mol. The van der Waals surface area contributed by atoms with Crippen molar-refractivity contribution in [3.05, 3.63) is 30.1 Å². The summed E-state index contributed by atoms with van der Waals surface area (Å²) >= 11 is 0. The summed E-state index contributed by atoms with van der Waals surface area (Å²) in [6.45, 7) is 4.34. The molecule has 0 saturated carbocycles. The zero-order chi connectivity index (χ0) is 14.3. The van der Waals surface area contributed by atoms with Gasteiger partial charge in [0, 0.05) is 6.54 Å². The minimum Gasteiger partial charge on any atom is -0.329 e. The molecule has 1 amide bonds. The molecule has 4 heteroatoms. The zero-order valence-electron chi connectivity index (χ0n) is 11.7. The fourth-order valence-corrected chi connectivity index (χ4v) is 2.42. The van der Waals surface area contributed by atoms with Gasteiger partial charge in [-0.25, -0.2) is 4.39 Å². The highest BCUT2D eigenvalue weighted by Gasteiger charge is 2.35. The van der Waals surface area contributed by atoms with Gasteiger partial charge in [-0.2, -0.15) is 0 Å². The molecule has 0 fully saturated rings. The van der Waals surface area contributed by atoms with Gasteiger partial charge in [0.1, 0.15) is 5.82 Å². The quantitative estimate of drug-likeness (QED) is 0.795. The molecule has 0 radical (unpaired) electrons. The summed E-state index contributed by atoms with van der Waals surface area (Å²) in [7, 11) is 0. The molecule has 1 rings (SSSR count). The first-order valence-electron chi connectivity index (χ1n) is 6.85. The third-order valence-corrected chi connectivity index (χ3v) is 3.45. The van der Waals surface area contributed by atoms with Crippen LogP contribution in [0.25, 0.3) is 0 Å². The summed E-state index contributed by atoms with van der Waals surface area (Å²) in [6, 6.07) is 6.19. The molecule has 0 heterocycles. The first kappa shape index (κ1) is 15.6. The van der Waals surface area contributed by atoms with E-state index in [4.69, 9.17) is 5.73 Å². The molecular weight excluding hydrogens is 243 g/mol. The van der Waals surface area contributed by atoms with Crippen molar-refractivity contribution in [2.24, 2.45) is 11.1 Å². The van der Waals surface area contributed by atoms with Crippen molar-refractivity contribution in [3.63, 3.8) is 0 Å². The van der Waals surface area contributed by atoms with E-state index in [-0.39, 0.29) is 18.1 Å². The smallest absolute Gasteiger partial charge is 0.231 e. The molecule has 0 saturated heterocycles. The lowest BCUT2D eigenvalue weighted by molar-refractivity contribution is -0.126. The number of anilines is 1. The molecule has 0 aromatic heterocycles. The molecule has 0 spiro atoms. The molecule has 0 bridgehead atoms. The van der Waals surface area contributed by atoms with Gasteiger partial charge in [0.2, 0.25) is 5.91 Å². The maximum atomic E-state index is 13.6. The Labute approximate surface area is 114 Å². The predicted molar refractivity (Wildman–Crippen MR) is 76.3 cm³/mol. The van der Waals surface area contributed by atoms with Gasteiger partial charge in [-0.3, -0.25) is 4.79 Å². The SMILES string of the molecule is CCCC(CN)(CCC)C(=O)Nc1ccccc1F. The van der Waals surface area contributed by atoms with Crippen molar-refractivity contribution >= 4 is 11.6 Å². The Hall–Kier alpha value is -1.42. The van der Waals surface area contributed by atoms with Gasteiger partial charge in [0.15, 0.2) is 0 Å². The Kier molecular flexibility index (Phi) is 5.96. The number of hydrogen-bond acceptors (Lipinski definition) is 2. The van der Waals surface area contributed by atoms with Crippen molar-refractivity contribution < 1.29 is 9.18 Å². The lowest BCUT2D eigenvalue weighted by Crippen LogP contribution is -2.42. The van der Waals surface area contributed by atoms with E-state index >= 15 is 0 Å². The van der Waals surface area contributed by atoms with Crippen LogP contribution in [0.3, 0.4) is 0 Å². The molecule has 19 heavy (non-hydrogen) atoms. The van der Waals surface area contributed by atoms with Crippen LogP contribution in [0.4, 0.5) is 10.1 Å². The summed E-state index contributed by atoms with van der Waals surface area (Å²) in [5.41, 5.74) is 5.45. The lowest BCUT2D eigenvalue weighted by Gasteiger charge is -2.30.